The Morgan fingerprint density at radius 2 is 1.37 bits per heavy atom. The van der Waals surface area contributed by atoms with Crippen LogP contribution in [-0.4, -0.2) is 12.6 Å². The fourth-order valence-electron chi connectivity index (χ4n) is 7.79. The summed E-state index contributed by atoms with van der Waals surface area (Å²) in [6.45, 7) is 13.0. The second-order valence-corrected chi connectivity index (χ2v) is 16.4. The molecule has 1 heterocycles. The highest BCUT2D eigenvalue weighted by Crippen LogP contribution is 2.36. The Balaban J connectivity index is 0.000000332. The van der Waals surface area contributed by atoms with Gasteiger partial charge in [0.2, 0.25) is 0 Å². The summed E-state index contributed by atoms with van der Waals surface area (Å²) in [5, 5.41) is 3.41. The summed E-state index contributed by atoms with van der Waals surface area (Å²) in [5.74, 6) is 0. The molecular formula is C63H57N3S. The van der Waals surface area contributed by atoms with Crippen molar-refractivity contribution in [3.63, 3.8) is 0 Å². The van der Waals surface area contributed by atoms with Gasteiger partial charge in [-0.3, -0.25) is 0 Å². The molecule has 330 valence electrons. The number of para-hydroxylation sites is 2. The van der Waals surface area contributed by atoms with Crippen molar-refractivity contribution in [2.45, 2.75) is 12.5 Å². The van der Waals surface area contributed by atoms with Crippen molar-refractivity contribution in [2.75, 3.05) is 16.8 Å². The van der Waals surface area contributed by atoms with Gasteiger partial charge in [0.05, 0.1) is 6.04 Å². The molecular weight excluding hydrogens is 831 g/mol. The fourth-order valence-corrected chi connectivity index (χ4v) is 8.11. The first-order valence-electron chi connectivity index (χ1n) is 22.5. The van der Waals surface area contributed by atoms with Crippen LogP contribution in [0.1, 0.15) is 28.7 Å². The van der Waals surface area contributed by atoms with E-state index in [1.54, 1.807) is 6.08 Å². The number of allylic oxidation sites excluding steroid dienone is 14. The fraction of sp³-hybridized carbons (Fsp3) is 0.0476. The summed E-state index contributed by atoms with van der Waals surface area (Å²) < 4.78 is 0. The highest BCUT2D eigenvalue weighted by Gasteiger charge is 2.23. The molecule has 2 aliphatic rings. The van der Waals surface area contributed by atoms with Crippen molar-refractivity contribution >= 4 is 46.8 Å². The third kappa shape index (κ3) is 13.6. The largest absolute Gasteiger partial charge is 0.362 e. The van der Waals surface area contributed by atoms with E-state index in [4.69, 9.17) is 5.73 Å². The van der Waals surface area contributed by atoms with Crippen LogP contribution in [0.5, 0.6) is 0 Å². The molecule has 0 radical (unpaired) electrons. The molecule has 0 saturated heterocycles. The van der Waals surface area contributed by atoms with Crippen LogP contribution in [0.4, 0.5) is 11.4 Å². The molecule has 1 aliphatic heterocycles. The van der Waals surface area contributed by atoms with Crippen molar-refractivity contribution < 1.29 is 0 Å². The smallest absolute Gasteiger partial charge is 0.0565 e. The minimum Gasteiger partial charge on any atom is -0.362 e. The van der Waals surface area contributed by atoms with Crippen LogP contribution >= 0.6 is 12.6 Å². The second kappa shape index (κ2) is 24.4. The minimum atomic E-state index is 0.161. The molecule has 67 heavy (non-hydrogen) atoms. The third-order valence-electron chi connectivity index (χ3n) is 11.2. The van der Waals surface area contributed by atoms with Gasteiger partial charge in [0.25, 0.3) is 0 Å². The summed E-state index contributed by atoms with van der Waals surface area (Å²) in [7, 11) is 0. The molecule has 0 amide bonds. The van der Waals surface area contributed by atoms with E-state index in [1.165, 1.54) is 22.4 Å². The maximum absolute atomic E-state index is 5.54. The van der Waals surface area contributed by atoms with E-state index in [0.717, 1.165) is 67.1 Å². The number of nitrogens with one attached hydrogen (secondary N) is 1. The summed E-state index contributed by atoms with van der Waals surface area (Å²) in [4.78, 5) is 3.25. The first-order valence-corrected chi connectivity index (χ1v) is 22.9. The summed E-state index contributed by atoms with van der Waals surface area (Å²) >= 11 is 4.50. The van der Waals surface area contributed by atoms with E-state index in [-0.39, 0.29) is 6.04 Å². The van der Waals surface area contributed by atoms with E-state index in [2.05, 4.69) is 194 Å². The lowest BCUT2D eigenvalue weighted by Gasteiger charge is -2.32. The number of benzene rings is 6. The Bertz CT molecular complexity index is 2930. The van der Waals surface area contributed by atoms with Gasteiger partial charge < -0.3 is 16.0 Å². The lowest BCUT2D eigenvalue weighted by atomic mass is 9.87. The molecule has 4 heteroatoms. The maximum Gasteiger partial charge on any atom is 0.0565 e. The van der Waals surface area contributed by atoms with Gasteiger partial charge in [0.15, 0.2) is 0 Å². The predicted molar refractivity (Wildman–Crippen MR) is 295 cm³/mol. The van der Waals surface area contributed by atoms with E-state index in [0.29, 0.717) is 6.54 Å². The van der Waals surface area contributed by atoms with Crippen molar-refractivity contribution in [1.29, 1.82) is 0 Å². The molecule has 0 saturated carbocycles. The summed E-state index contributed by atoms with van der Waals surface area (Å²) in [5.41, 5.74) is 21.1. The first kappa shape index (κ1) is 47.1. The van der Waals surface area contributed by atoms with Gasteiger partial charge in [0.1, 0.15) is 0 Å². The topological polar surface area (TPSA) is 41.3 Å². The summed E-state index contributed by atoms with van der Waals surface area (Å²) in [6, 6.07) is 59.0. The molecule has 6 aromatic rings. The average molecular weight is 888 g/mol. The van der Waals surface area contributed by atoms with Crippen molar-refractivity contribution in [1.82, 2.24) is 0 Å². The number of nitrogens with two attached hydrogens (primary N) is 1. The molecule has 0 spiro atoms. The van der Waals surface area contributed by atoms with Crippen LogP contribution < -0.4 is 16.0 Å². The molecule has 0 aromatic heterocycles. The third-order valence-corrected chi connectivity index (χ3v) is 11.6. The zero-order chi connectivity index (χ0) is 46.6. The molecule has 6 aromatic carbocycles. The molecule has 8 rings (SSSR count). The average Bonchev–Trinajstić information content (AvgIpc) is 3.43. The Morgan fingerprint density at radius 3 is 2.09 bits per heavy atom. The standard InChI is InChI=1S/C48H40N2.C15H17NS/c1-36-16-12-13-29-50(47-25-10-5-11-26-47)48-34-44(36)33-45(35-48)42-22-15-20-40(32-42)39-19-14-21-41(31-39)43(27-28-49-46-23-8-4-9-24-46)30-37(2)38-17-6-3-7-18-38;1-2-3-9-14(10-11-16)15(17)12-13-7-5-4-6-8-13/h3-33,35,48-49H,1-2,34H2;2-10,12,17H,1,11,16H2/b16-12-,28-27-,29-13-,43-30+;9-3-,14-10+,15-12-. The van der Waals surface area contributed by atoms with Crippen LogP contribution in [0, 0.1) is 0 Å². The Morgan fingerprint density at radius 1 is 0.731 bits per heavy atom. The van der Waals surface area contributed by atoms with E-state index >= 15 is 0 Å². The highest BCUT2D eigenvalue weighted by atomic mass is 32.1. The minimum absolute atomic E-state index is 0.161. The van der Waals surface area contributed by atoms with Crippen LogP contribution in [0.25, 0.3) is 33.9 Å². The van der Waals surface area contributed by atoms with Crippen LogP contribution in [-0.2, 0) is 0 Å². The summed E-state index contributed by atoms with van der Waals surface area (Å²) in [6.07, 6.45) is 29.8. The SMILES string of the molecule is C=C1/C=C\C=C/N(c2ccccc2)C2C=C(c3cccc(-c4cccc(C(/C=C\Nc5ccccc5)=C/C(=C)c5ccccc5)c4)c3)C=C1C2.C=C\C=C/C(=C\CN)C(/S)=C/c1ccccc1. The monoisotopic (exact) mass is 887 g/mol. The maximum atomic E-state index is 5.54. The number of thiol groups is 1. The second-order valence-electron chi connectivity index (χ2n) is 16.0. The van der Waals surface area contributed by atoms with Gasteiger partial charge in [-0.1, -0.05) is 202 Å². The molecule has 3 N–H and O–H groups in total. The zero-order valence-corrected chi connectivity index (χ0v) is 38.7. The molecule has 3 nitrogen and oxygen atoms in total. The number of anilines is 2. The highest BCUT2D eigenvalue weighted by molar-refractivity contribution is 7.85. The van der Waals surface area contributed by atoms with Crippen molar-refractivity contribution in [2.24, 2.45) is 5.73 Å². The first-order chi connectivity index (χ1) is 32.9. The predicted octanol–water partition coefficient (Wildman–Crippen LogP) is 15.9. The van der Waals surface area contributed by atoms with Crippen LogP contribution in [0.15, 0.2) is 290 Å². The number of hydrogen-bond donors (Lipinski definition) is 3. The lowest BCUT2D eigenvalue weighted by molar-refractivity contribution is 0.762. The molecule has 2 bridgehead atoms. The van der Waals surface area contributed by atoms with Crippen molar-refractivity contribution in [3.05, 3.63) is 313 Å². The van der Waals surface area contributed by atoms with E-state index in [1.807, 2.05) is 97.2 Å². The van der Waals surface area contributed by atoms with Gasteiger partial charge in [0, 0.05) is 35.2 Å². The number of fused-ring (bicyclic) bond motifs is 2. The zero-order valence-electron chi connectivity index (χ0n) is 37.8. The van der Waals surface area contributed by atoms with Gasteiger partial charge in [-0.25, -0.2) is 0 Å². The number of hydrogen-bond acceptors (Lipinski definition) is 4. The molecule has 0 fully saturated rings. The lowest BCUT2D eigenvalue weighted by Crippen LogP contribution is -2.31. The quantitative estimate of drug-likeness (QED) is 0.0754. The van der Waals surface area contributed by atoms with Crippen LogP contribution in [0.2, 0.25) is 0 Å². The van der Waals surface area contributed by atoms with Crippen LogP contribution in [0.3, 0.4) is 0 Å². The molecule has 1 unspecified atom stereocenters. The van der Waals surface area contributed by atoms with E-state index in [9.17, 15) is 0 Å². The van der Waals surface area contributed by atoms with Crippen molar-refractivity contribution in [3.8, 4) is 11.1 Å². The normalized spacial score (nSPS) is 16.1. The Hall–Kier alpha value is -7.89. The molecule has 1 atom stereocenters. The Labute approximate surface area is 403 Å². The number of nitrogens with zero attached hydrogens (tertiary/aromatic N) is 1. The Kier molecular flexibility index (Phi) is 17.2. The van der Waals surface area contributed by atoms with Gasteiger partial charge in [-0.05, 0) is 134 Å². The van der Waals surface area contributed by atoms with Gasteiger partial charge in [-0.2, -0.15) is 0 Å². The van der Waals surface area contributed by atoms with E-state index < -0.39 is 0 Å². The van der Waals surface area contributed by atoms with Gasteiger partial charge >= 0.3 is 0 Å². The molecule has 1 aliphatic carbocycles. The number of rotatable bonds is 14. The van der Waals surface area contributed by atoms with Gasteiger partial charge in [-0.15, -0.1) is 12.6 Å².